The second-order valence-electron chi connectivity index (χ2n) is 3.88. The molecule has 0 aliphatic rings. The summed E-state index contributed by atoms with van der Waals surface area (Å²) in [5.41, 5.74) is -1.06. The van der Waals surface area contributed by atoms with Gasteiger partial charge in [-0.2, -0.15) is 18.4 Å². The number of ether oxygens (including phenoxy) is 1. The summed E-state index contributed by atoms with van der Waals surface area (Å²) < 4.78 is 42.3. The summed E-state index contributed by atoms with van der Waals surface area (Å²) >= 11 is 0. The topological polar surface area (TPSA) is 50.1 Å². The highest BCUT2D eigenvalue weighted by atomic mass is 19.4. The lowest BCUT2D eigenvalue weighted by Gasteiger charge is -2.08. The van der Waals surface area contributed by atoms with Crippen LogP contribution in [0.4, 0.5) is 13.2 Å². The molecule has 0 N–H and O–H groups in total. The van der Waals surface area contributed by atoms with Gasteiger partial charge in [-0.25, -0.2) is 0 Å². The quantitative estimate of drug-likeness (QED) is 0.366. The Balaban J connectivity index is 3.10. The Bertz CT molecular complexity index is 566. The number of nitriles is 1. The first-order valence-corrected chi connectivity index (χ1v) is 5.77. The third-order valence-electron chi connectivity index (χ3n) is 2.53. The monoisotopic (exact) mass is 283 g/mol. The Morgan fingerprint density at radius 2 is 1.85 bits per heavy atom. The van der Waals surface area contributed by atoms with Crippen LogP contribution >= 0.6 is 0 Å². The van der Waals surface area contributed by atoms with E-state index in [9.17, 15) is 18.0 Å². The fourth-order valence-corrected chi connectivity index (χ4v) is 1.53. The molecule has 0 fully saturated rings. The van der Waals surface area contributed by atoms with Crippen LogP contribution in [0.2, 0.25) is 0 Å². The van der Waals surface area contributed by atoms with Crippen LogP contribution in [0.5, 0.6) is 0 Å². The minimum absolute atomic E-state index is 0.00797. The zero-order valence-electron chi connectivity index (χ0n) is 10.9. The van der Waals surface area contributed by atoms with Crippen molar-refractivity contribution in [1.29, 1.82) is 5.26 Å². The van der Waals surface area contributed by atoms with E-state index in [1.54, 1.807) is 13.0 Å². The van der Waals surface area contributed by atoms with Crippen molar-refractivity contribution in [2.24, 2.45) is 0 Å². The summed E-state index contributed by atoms with van der Waals surface area (Å²) in [6.07, 6.45) is -4.46. The van der Waals surface area contributed by atoms with Crippen molar-refractivity contribution in [3.63, 3.8) is 0 Å². The molecule has 0 aliphatic heterocycles. The van der Waals surface area contributed by atoms with E-state index in [1.165, 1.54) is 6.92 Å². The Hall–Kier alpha value is -2.29. The van der Waals surface area contributed by atoms with Gasteiger partial charge in [0.05, 0.1) is 12.2 Å². The van der Waals surface area contributed by atoms with Gasteiger partial charge in [0.1, 0.15) is 17.4 Å². The molecule has 20 heavy (non-hydrogen) atoms. The van der Waals surface area contributed by atoms with E-state index in [-0.39, 0.29) is 23.5 Å². The number of halogens is 3. The van der Waals surface area contributed by atoms with Gasteiger partial charge in [-0.1, -0.05) is 12.1 Å². The molecule has 0 aliphatic carbocycles. The van der Waals surface area contributed by atoms with Crippen LogP contribution in [0.1, 0.15) is 29.8 Å². The van der Waals surface area contributed by atoms with Crippen molar-refractivity contribution < 1.29 is 22.7 Å². The molecule has 1 rings (SSSR count). The second kappa shape index (κ2) is 6.24. The van der Waals surface area contributed by atoms with Gasteiger partial charge in [-0.05, 0) is 26.0 Å². The summed E-state index contributed by atoms with van der Waals surface area (Å²) in [5.74, 6) is -0.507. The molecule has 6 heteroatoms. The fourth-order valence-electron chi connectivity index (χ4n) is 1.53. The first-order valence-electron chi connectivity index (χ1n) is 5.77. The van der Waals surface area contributed by atoms with E-state index in [4.69, 9.17) is 10.00 Å². The van der Waals surface area contributed by atoms with Crippen molar-refractivity contribution in [2.75, 3.05) is 6.61 Å². The Morgan fingerprint density at radius 3 is 2.25 bits per heavy atom. The molecule has 0 saturated carbocycles. The van der Waals surface area contributed by atoms with Crippen LogP contribution < -0.4 is 0 Å². The molecule has 0 amide bonds. The zero-order valence-corrected chi connectivity index (χ0v) is 10.9. The van der Waals surface area contributed by atoms with E-state index < -0.39 is 17.5 Å². The molecule has 0 atom stereocenters. The molecular weight excluding hydrogens is 271 g/mol. The summed E-state index contributed by atoms with van der Waals surface area (Å²) in [6.45, 7) is 3.45. The molecule has 0 radical (unpaired) electrons. The molecule has 0 heterocycles. The molecule has 106 valence electrons. The number of benzene rings is 1. The van der Waals surface area contributed by atoms with Crippen molar-refractivity contribution in [3.05, 3.63) is 46.7 Å². The smallest absolute Gasteiger partial charge is 0.416 e. The lowest BCUT2D eigenvalue weighted by atomic mass is 10.0. The predicted molar refractivity (Wildman–Crippen MR) is 65.7 cm³/mol. The number of allylic oxidation sites excluding steroid dienone is 2. The highest BCUT2D eigenvalue weighted by Crippen LogP contribution is 2.29. The number of alkyl halides is 3. The number of nitrogens with zero attached hydrogens (tertiary/aromatic N) is 1. The summed E-state index contributed by atoms with van der Waals surface area (Å²) in [6, 6.07) is 5.41. The van der Waals surface area contributed by atoms with Crippen molar-refractivity contribution in [2.45, 2.75) is 20.0 Å². The van der Waals surface area contributed by atoms with Crippen LogP contribution in [0.3, 0.4) is 0 Å². The van der Waals surface area contributed by atoms with Gasteiger partial charge < -0.3 is 4.74 Å². The van der Waals surface area contributed by atoms with Crippen LogP contribution in [0.25, 0.3) is 0 Å². The molecule has 0 bridgehead atoms. The average molecular weight is 283 g/mol. The first kappa shape index (κ1) is 15.8. The van der Waals surface area contributed by atoms with Crippen LogP contribution in [-0.4, -0.2) is 12.4 Å². The Morgan fingerprint density at radius 1 is 1.30 bits per heavy atom. The lowest BCUT2D eigenvalue weighted by molar-refractivity contribution is -0.137. The molecule has 1 aromatic carbocycles. The highest BCUT2D eigenvalue weighted by molar-refractivity contribution is 6.11. The normalized spacial score (nSPS) is 12.4. The molecule has 3 nitrogen and oxygen atoms in total. The van der Waals surface area contributed by atoms with Crippen LogP contribution in [-0.2, 0) is 10.9 Å². The molecule has 0 unspecified atom stereocenters. The molecule has 0 spiro atoms. The number of hydrogen-bond acceptors (Lipinski definition) is 3. The van der Waals surface area contributed by atoms with Crippen LogP contribution in [0, 0.1) is 11.3 Å². The number of ketones is 1. The third-order valence-corrected chi connectivity index (χ3v) is 2.53. The van der Waals surface area contributed by atoms with Gasteiger partial charge in [-0.3, -0.25) is 4.79 Å². The van der Waals surface area contributed by atoms with Gasteiger partial charge in [0.2, 0.25) is 5.78 Å². The van der Waals surface area contributed by atoms with E-state index >= 15 is 0 Å². The second-order valence-corrected chi connectivity index (χ2v) is 3.88. The van der Waals surface area contributed by atoms with E-state index in [2.05, 4.69) is 0 Å². The third kappa shape index (κ3) is 3.60. The Kier molecular flexibility index (Phi) is 4.92. The maximum absolute atomic E-state index is 12.4. The summed E-state index contributed by atoms with van der Waals surface area (Å²) in [5, 5.41) is 8.95. The molecular formula is C14H12F3NO2. The molecule has 0 aromatic heterocycles. The highest BCUT2D eigenvalue weighted by Gasteiger charge is 2.30. The van der Waals surface area contributed by atoms with E-state index in [0.29, 0.717) is 0 Å². The minimum atomic E-state index is -4.46. The Labute approximate surface area is 114 Å². The number of carbonyl (C=O) groups is 1. The van der Waals surface area contributed by atoms with Crippen molar-refractivity contribution in [1.82, 2.24) is 0 Å². The fraction of sp³-hybridized carbons (Fsp3) is 0.286. The van der Waals surface area contributed by atoms with E-state index in [1.807, 2.05) is 0 Å². The largest absolute Gasteiger partial charge is 0.497 e. The molecule has 1 aromatic rings. The van der Waals surface area contributed by atoms with Gasteiger partial charge in [0.25, 0.3) is 0 Å². The van der Waals surface area contributed by atoms with E-state index in [0.717, 1.165) is 24.3 Å². The first-order chi connectivity index (χ1) is 9.31. The number of carbonyl (C=O) groups excluding carboxylic acids is 1. The number of Topliss-reactive ketones (excluding diaryl/α,β-unsaturated/α-hetero) is 1. The van der Waals surface area contributed by atoms with Gasteiger partial charge in [0, 0.05) is 5.56 Å². The molecule has 0 saturated heterocycles. The summed E-state index contributed by atoms with van der Waals surface area (Å²) in [7, 11) is 0. The zero-order chi connectivity index (χ0) is 15.3. The predicted octanol–water partition coefficient (Wildman–Crippen LogP) is 3.72. The number of rotatable bonds is 4. The maximum atomic E-state index is 12.4. The van der Waals surface area contributed by atoms with Gasteiger partial charge >= 0.3 is 6.18 Å². The number of hydrogen-bond donors (Lipinski definition) is 0. The van der Waals surface area contributed by atoms with Crippen molar-refractivity contribution in [3.8, 4) is 6.07 Å². The SMILES string of the molecule is CCO/C(C)=C(\C#N)C(=O)c1ccc(C(F)(F)F)cc1. The lowest BCUT2D eigenvalue weighted by Crippen LogP contribution is -2.08. The standard InChI is InChI=1S/C14H12F3NO2/c1-3-20-9(2)12(8-18)13(19)10-4-6-11(7-5-10)14(15,16)17/h4-7H,3H2,1-2H3/b12-9+. The van der Waals surface area contributed by atoms with Crippen molar-refractivity contribution >= 4 is 5.78 Å². The maximum Gasteiger partial charge on any atom is 0.416 e. The minimum Gasteiger partial charge on any atom is -0.497 e. The van der Waals surface area contributed by atoms with Gasteiger partial charge in [0.15, 0.2) is 0 Å². The average Bonchev–Trinajstić information content (AvgIpc) is 2.39. The summed E-state index contributed by atoms with van der Waals surface area (Å²) in [4.78, 5) is 12.0. The van der Waals surface area contributed by atoms with Crippen LogP contribution in [0.15, 0.2) is 35.6 Å². The van der Waals surface area contributed by atoms with Gasteiger partial charge in [-0.15, -0.1) is 0 Å².